The van der Waals surface area contributed by atoms with Crippen LogP contribution in [0.25, 0.3) is 0 Å². The van der Waals surface area contributed by atoms with Crippen LogP contribution in [0.4, 0.5) is 4.79 Å². The Bertz CT molecular complexity index is 1070. The first kappa shape index (κ1) is 28.5. The lowest BCUT2D eigenvalue weighted by Crippen LogP contribution is -2.54. The number of rotatable bonds is 7. The molecule has 2 unspecified atom stereocenters. The maximum absolute atomic E-state index is 13.7. The van der Waals surface area contributed by atoms with Gasteiger partial charge in [-0.3, -0.25) is 9.59 Å². The van der Waals surface area contributed by atoms with Gasteiger partial charge in [0.1, 0.15) is 29.2 Å². The summed E-state index contributed by atoms with van der Waals surface area (Å²) in [5, 5.41) is 25.1. The predicted octanol–water partition coefficient (Wildman–Crippen LogP) is 3.65. The van der Waals surface area contributed by atoms with Gasteiger partial charge in [-0.25, -0.2) is 4.79 Å². The lowest BCUT2D eigenvalue weighted by Gasteiger charge is -2.33. The second-order valence-electron chi connectivity index (χ2n) is 10.8. The SMILES string of the molecule is CN(C(=O)C(Cc1ccc(O)cc1)NC(=O)OC(C)(C)C)C(C(=O)NC(C)(C)C)c1cccc(O)c1. The molecule has 36 heavy (non-hydrogen) atoms. The van der Waals surface area contributed by atoms with Crippen molar-refractivity contribution in [2.45, 2.75) is 71.2 Å². The zero-order valence-corrected chi connectivity index (χ0v) is 22.0. The van der Waals surface area contributed by atoms with E-state index in [4.69, 9.17) is 4.74 Å². The van der Waals surface area contributed by atoms with Gasteiger partial charge in [-0.2, -0.15) is 0 Å². The number of likely N-dealkylation sites (N-methyl/N-ethyl adjacent to an activating group) is 1. The molecular weight excluding hydrogens is 462 g/mol. The van der Waals surface area contributed by atoms with Gasteiger partial charge in [-0.05, 0) is 76.9 Å². The van der Waals surface area contributed by atoms with E-state index in [1.165, 1.54) is 36.2 Å². The third kappa shape index (κ3) is 8.79. The molecule has 0 heterocycles. The van der Waals surface area contributed by atoms with E-state index in [1.807, 2.05) is 20.8 Å². The van der Waals surface area contributed by atoms with Gasteiger partial charge in [-0.1, -0.05) is 24.3 Å². The maximum Gasteiger partial charge on any atom is 0.408 e. The number of aromatic hydroxyl groups is 2. The second-order valence-corrected chi connectivity index (χ2v) is 10.8. The summed E-state index contributed by atoms with van der Waals surface area (Å²) < 4.78 is 5.36. The molecular formula is C27H37N3O6. The number of hydrogen-bond acceptors (Lipinski definition) is 6. The molecule has 0 aromatic heterocycles. The average molecular weight is 500 g/mol. The van der Waals surface area contributed by atoms with Gasteiger partial charge in [0.25, 0.3) is 0 Å². The van der Waals surface area contributed by atoms with Crippen molar-refractivity contribution >= 4 is 17.9 Å². The van der Waals surface area contributed by atoms with Gasteiger partial charge in [0.05, 0.1) is 0 Å². The number of nitrogens with zero attached hydrogens (tertiary/aromatic N) is 1. The number of hydrogen-bond donors (Lipinski definition) is 4. The smallest absolute Gasteiger partial charge is 0.408 e. The fourth-order valence-electron chi connectivity index (χ4n) is 3.57. The van der Waals surface area contributed by atoms with Crippen molar-refractivity contribution in [1.29, 1.82) is 0 Å². The lowest BCUT2D eigenvalue weighted by atomic mass is 9.99. The number of carbonyl (C=O) groups excluding carboxylic acids is 3. The third-order valence-electron chi connectivity index (χ3n) is 5.03. The Morgan fingerprint density at radius 3 is 2.08 bits per heavy atom. The molecule has 0 saturated heterocycles. The normalized spacial score (nSPS) is 13.3. The average Bonchev–Trinajstić information content (AvgIpc) is 2.71. The number of amides is 3. The van der Waals surface area contributed by atoms with E-state index in [2.05, 4.69) is 10.6 Å². The minimum absolute atomic E-state index is 0.0468. The van der Waals surface area contributed by atoms with Crippen molar-refractivity contribution < 1.29 is 29.3 Å². The summed E-state index contributed by atoms with van der Waals surface area (Å²) in [6.07, 6.45) is -0.683. The molecule has 0 aliphatic rings. The summed E-state index contributed by atoms with van der Waals surface area (Å²) in [7, 11) is 1.47. The summed E-state index contributed by atoms with van der Waals surface area (Å²) in [4.78, 5) is 40.9. The van der Waals surface area contributed by atoms with Crippen molar-refractivity contribution in [1.82, 2.24) is 15.5 Å². The quantitative estimate of drug-likeness (QED) is 0.460. The Morgan fingerprint density at radius 2 is 1.56 bits per heavy atom. The highest BCUT2D eigenvalue weighted by molar-refractivity contribution is 5.92. The summed E-state index contributed by atoms with van der Waals surface area (Å²) in [5.41, 5.74) is -0.258. The Balaban J connectivity index is 2.43. The monoisotopic (exact) mass is 499 g/mol. The number of carbonyl (C=O) groups is 3. The van der Waals surface area contributed by atoms with Crippen LogP contribution >= 0.6 is 0 Å². The highest BCUT2D eigenvalue weighted by Gasteiger charge is 2.35. The zero-order chi connectivity index (χ0) is 27.3. The molecule has 9 heteroatoms. The summed E-state index contributed by atoms with van der Waals surface area (Å²) >= 11 is 0. The van der Waals surface area contributed by atoms with Crippen LogP contribution in [-0.2, 0) is 20.7 Å². The van der Waals surface area contributed by atoms with Crippen LogP contribution in [0.1, 0.15) is 58.7 Å². The molecule has 2 aromatic carbocycles. The number of ether oxygens (including phenoxy) is 1. The molecule has 0 bridgehead atoms. The predicted molar refractivity (Wildman–Crippen MR) is 136 cm³/mol. The van der Waals surface area contributed by atoms with Gasteiger partial charge in [0.15, 0.2) is 0 Å². The Kier molecular flexibility index (Phi) is 8.96. The van der Waals surface area contributed by atoms with E-state index >= 15 is 0 Å². The van der Waals surface area contributed by atoms with Gasteiger partial charge >= 0.3 is 6.09 Å². The summed E-state index contributed by atoms with van der Waals surface area (Å²) in [6, 6.07) is 10.2. The highest BCUT2D eigenvalue weighted by atomic mass is 16.6. The van der Waals surface area contributed by atoms with Crippen LogP contribution in [0, 0.1) is 0 Å². The van der Waals surface area contributed by atoms with E-state index in [0.29, 0.717) is 11.1 Å². The Morgan fingerprint density at radius 1 is 0.944 bits per heavy atom. The van der Waals surface area contributed by atoms with Crippen LogP contribution in [0.15, 0.2) is 48.5 Å². The highest BCUT2D eigenvalue weighted by Crippen LogP contribution is 2.25. The zero-order valence-electron chi connectivity index (χ0n) is 22.0. The minimum atomic E-state index is -1.08. The fourth-order valence-corrected chi connectivity index (χ4v) is 3.57. The minimum Gasteiger partial charge on any atom is -0.508 e. The van der Waals surface area contributed by atoms with Crippen LogP contribution in [0.5, 0.6) is 11.5 Å². The Labute approximate surface area is 212 Å². The first-order valence-corrected chi connectivity index (χ1v) is 11.7. The van der Waals surface area contributed by atoms with Gasteiger partial charge in [-0.15, -0.1) is 0 Å². The molecule has 0 fully saturated rings. The molecule has 0 saturated carbocycles. The largest absolute Gasteiger partial charge is 0.508 e. The Hall–Kier alpha value is -3.75. The number of nitrogens with one attached hydrogen (secondary N) is 2. The fraction of sp³-hybridized carbons (Fsp3) is 0.444. The molecule has 2 aromatic rings. The van der Waals surface area contributed by atoms with E-state index in [9.17, 15) is 24.6 Å². The van der Waals surface area contributed by atoms with E-state index < -0.39 is 41.1 Å². The van der Waals surface area contributed by atoms with E-state index in [0.717, 1.165) is 0 Å². The molecule has 0 spiro atoms. The molecule has 2 atom stereocenters. The topological polar surface area (TPSA) is 128 Å². The maximum atomic E-state index is 13.7. The van der Waals surface area contributed by atoms with Crippen LogP contribution in [0.2, 0.25) is 0 Å². The van der Waals surface area contributed by atoms with Crippen molar-refractivity contribution in [3.05, 3.63) is 59.7 Å². The molecule has 196 valence electrons. The summed E-state index contributed by atoms with van der Waals surface area (Å²) in [5.74, 6) is -0.952. The first-order valence-electron chi connectivity index (χ1n) is 11.7. The molecule has 4 N–H and O–H groups in total. The van der Waals surface area contributed by atoms with Crippen LogP contribution in [0.3, 0.4) is 0 Å². The van der Waals surface area contributed by atoms with Crippen molar-refractivity contribution in [2.75, 3.05) is 7.05 Å². The number of phenols is 2. The standard InChI is InChI=1S/C27H37N3O6/c1-26(2,3)29-23(33)22(18-9-8-10-20(32)16-18)30(7)24(34)21(28-25(35)36-27(4,5)6)15-17-11-13-19(31)14-12-17/h8-14,16,21-22,31-32H,15H2,1-7H3,(H,28,35)(H,29,33). The van der Waals surface area contributed by atoms with E-state index in [1.54, 1.807) is 45.0 Å². The molecule has 0 aliphatic carbocycles. The molecule has 9 nitrogen and oxygen atoms in total. The van der Waals surface area contributed by atoms with Gasteiger partial charge < -0.3 is 30.5 Å². The van der Waals surface area contributed by atoms with Crippen LogP contribution in [-0.4, -0.2) is 57.3 Å². The van der Waals surface area contributed by atoms with Gasteiger partial charge in [0.2, 0.25) is 11.8 Å². The summed E-state index contributed by atoms with van der Waals surface area (Å²) in [6.45, 7) is 10.6. The second kappa shape index (κ2) is 11.3. The lowest BCUT2D eigenvalue weighted by molar-refractivity contribution is -0.141. The van der Waals surface area contributed by atoms with Crippen molar-refractivity contribution in [3.8, 4) is 11.5 Å². The number of benzene rings is 2. The molecule has 3 amide bonds. The van der Waals surface area contributed by atoms with Crippen LogP contribution < -0.4 is 10.6 Å². The molecule has 0 aliphatic heterocycles. The molecule has 0 radical (unpaired) electrons. The van der Waals surface area contributed by atoms with Crippen molar-refractivity contribution in [2.24, 2.45) is 0 Å². The third-order valence-corrected chi connectivity index (χ3v) is 5.03. The first-order chi connectivity index (χ1) is 16.6. The molecule has 2 rings (SSSR count). The number of alkyl carbamates (subject to hydrolysis) is 1. The van der Waals surface area contributed by atoms with Gasteiger partial charge in [0, 0.05) is 19.0 Å². The number of phenolic OH excluding ortho intramolecular Hbond substituents is 2. The van der Waals surface area contributed by atoms with E-state index in [-0.39, 0.29) is 17.9 Å². The van der Waals surface area contributed by atoms with Crippen molar-refractivity contribution in [3.63, 3.8) is 0 Å².